The molecule has 16 nitrogen and oxygen atoms in total. The highest BCUT2D eigenvalue weighted by molar-refractivity contribution is 5.75. The lowest BCUT2D eigenvalue weighted by Crippen LogP contribution is -2.68. The van der Waals surface area contributed by atoms with Crippen molar-refractivity contribution >= 4 is 5.96 Å². The van der Waals surface area contributed by atoms with Gasteiger partial charge < -0.3 is 78.3 Å². The molecule has 16 N–H and O–H groups in total. The standard InChI is InChI=1S/C19H38N6O10/c1-4(26)14-12(30)11(29)8(22)17(33-14)34-15-6(21)2-5(20)9(27)16(15)35-18-13(31)10(28)7(32-18)3-25-19(23)24/h4-18,26-31H,2-3,20-22H2,1H3,(H4,23,24,25)/t4-,5?,6?,7-,8?,9-,10+,11-,12+,13?,14?,15-,16-,17-,18+/m1/s1. The van der Waals surface area contributed by atoms with Crippen molar-refractivity contribution in [3.05, 3.63) is 0 Å². The highest BCUT2D eigenvalue weighted by atomic mass is 16.7. The number of nitrogens with two attached hydrogens (primary N) is 5. The molecule has 2 aliphatic heterocycles. The molecule has 0 aromatic heterocycles. The molecule has 0 bridgehead atoms. The van der Waals surface area contributed by atoms with Gasteiger partial charge in [-0.2, -0.15) is 0 Å². The summed E-state index contributed by atoms with van der Waals surface area (Å²) < 4.78 is 22.9. The molecule has 16 heteroatoms. The first kappa shape index (κ1) is 28.3. The largest absolute Gasteiger partial charge is 0.391 e. The van der Waals surface area contributed by atoms with Gasteiger partial charge in [-0.05, 0) is 13.3 Å². The number of nitrogens with zero attached hydrogens (tertiary/aromatic N) is 1. The average Bonchev–Trinajstić information content (AvgIpc) is 3.05. The number of rotatable bonds is 7. The van der Waals surface area contributed by atoms with E-state index in [2.05, 4.69) is 4.99 Å². The molecule has 0 aromatic rings. The number of guanidine groups is 1. The van der Waals surface area contributed by atoms with Crippen molar-refractivity contribution in [1.29, 1.82) is 0 Å². The van der Waals surface area contributed by atoms with Crippen molar-refractivity contribution in [3.8, 4) is 0 Å². The molecule has 2 saturated heterocycles. The van der Waals surface area contributed by atoms with E-state index in [9.17, 15) is 30.6 Å². The monoisotopic (exact) mass is 510 g/mol. The summed E-state index contributed by atoms with van der Waals surface area (Å²) in [4.78, 5) is 3.76. The zero-order valence-electron chi connectivity index (χ0n) is 19.2. The Balaban J connectivity index is 1.78. The second-order valence-corrected chi connectivity index (χ2v) is 9.31. The van der Waals surface area contributed by atoms with Crippen LogP contribution >= 0.6 is 0 Å². The number of hydrogen-bond acceptors (Lipinski definition) is 14. The summed E-state index contributed by atoms with van der Waals surface area (Å²) in [7, 11) is 0. The molecule has 2 heterocycles. The lowest BCUT2D eigenvalue weighted by atomic mass is 9.84. The summed E-state index contributed by atoms with van der Waals surface area (Å²) in [6.07, 6.45) is -15.7. The van der Waals surface area contributed by atoms with Crippen molar-refractivity contribution in [2.24, 2.45) is 33.7 Å². The molecule has 204 valence electrons. The molecular weight excluding hydrogens is 472 g/mol. The second kappa shape index (κ2) is 11.4. The van der Waals surface area contributed by atoms with Gasteiger partial charge in [-0.15, -0.1) is 0 Å². The van der Waals surface area contributed by atoms with Crippen molar-refractivity contribution in [2.45, 2.75) is 105 Å². The Morgan fingerprint density at radius 1 is 0.857 bits per heavy atom. The van der Waals surface area contributed by atoms with E-state index < -0.39 is 91.7 Å². The van der Waals surface area contributed by atoms with E-state index in [1.54, 1.807) is 0 Å². The summed E-state index contributed by atoms with van der Waals surface area (Å²) in [5, 5.41) is 61.9. The van der Waals surface area contributed by atoms with Crippen LogP contribution in [0.25, 0.3) is 0 Å². The van der Waals surface area contributed by atoms with Crippen molar-refractivity contribution < 1.29 is 49.6 Å². The Hall–Kier alpha value is -1.25. The van der Waals surface area contributed by atoms with Gasteiger partial charge in [0.1, 0.15) is 48.8 Å². The molecule has 0 aromatic carbocycles. The SMILES string of the molecule is C[C@@H](O)C1O[C@H](O[C@@H]2C(N)CC(N)[C@@H](O)[C@H]2O[C@@H]2O[C@H](CN=C(N)N)[C@H](O)C2O)C(N)[C@@H](O)[C@@H]1O. The summed E-state index contributed by atoms with van der Waals surface area (Å²) >= 11 is 0. The molecule has 3 aliphatic rings. The summed E-state index contributed by atoms with van der Waals surface area (Å²) in [6, 6.07) is -2.88. The Bertz CT molecular complexity index is 732. The third-order valence-electron chi connectivity index (χ3n) is 6.58. The number of aliphatic hydroxyl groups is 6. The van der Waals surface area contributed by atoms with Crippen LogP contribution in [0, 0.1) is 0 Å². The minimum absolute atomic E-state index is 0.114. The van der Waals surface area contributed by atoms with Gasteiger partial charge in [0, 0.05) is 12.1 Å². The first-order chi connectivity index (χ1) is 16.3. The summed E-state index contributed by atoms with van der Waals surface area (Å²) in [5.41, 5.74) is 28.8. The maximum absolute atomic E-state index is 10.8. The van der Waals surface area contributed by atoms with Crippen molar-refractivity contribution in [3.63, 3.8) is 0 Å². The predicted molar refractivity (Wildman–Crippen MR) is 118 cm³/mol. The summed E-state index contributed by atoms with van der Waals surface area (Å²) in [5.74, 6) is -0.237. The summed E-state index contributed by atoms with van der Waals surface area (Å²) in [6.45, 7) is 1.21. The zero-order valence-corrected chi connectivity index (χ0v) is 19.2. The van der Waals surface area contributed by atoms with Crippen LogP contribution in [0.5, 0.6) is 0 Å². The van der Waals surface area contributed by atoms with Crippen LogP contribution in [0.4, 0.5) is 0 Å². The third-order valence-corrected chi connectivity index (χ3v) is 6.58. The first-order valence-corrected chi connectivity index (χ1v) is 11.4. The Morgan fingerprint density at radius 2 is 1.49 bits per heavy atom. The molecule has 1 saturated carbocycles. The van der Waals surface area contributed by atoms with Gasteiger partial charge in [-0.3, -0.25) is 4.99 Å². The number of hydrogen-bond donors (Lipinski definition) is 11. The topological polar surface area (TPSA) is 301 Å². The van der Waals surface area contributed by atoms with Crippen LogP contribution in [-0.4, -0.2) is 135 Å². The van der Waals surface area contributed by atoms with Crippen LogP contribution in [0.1, 0.15) is 13.3 Å². The van der Waals surface area contributed by atoms with E-state index in [0.717, 1.165) is 0 Å². The molecule has 3 fully saturated rings. The normalized spacial score (nSPS) is 49.5. The van der Waals surface area contributed by atoms with Crippen molar-refractivity contribution in [1.82, 2.24) is 0 Å². The molecule has 0 amide bonds. The maximum Gasteiger partial charge on any atom is 0.187 e. The highest BCUT2D eigenvalue weighted by Crippen LogP contribution is 2.32. The average molecular weight is 511 g/mol. The Labute approximate surface area is 201 Å². The van der Waals surface area contributed by atoms with E-state index in [0.29, 0.717) is 0 Å². The van der Waals surface area contributed by atoms with Crippen LogP contribution in [0.15, 0.2) is 4.99 Å². The fourth-order valence-electron chi connectivity index (χ4n) is 4.52. The Morgan fingerprint density at radius 3 is 2.09 bits per heavy atom. The van der Waals surface area contributed by atoms with Gasteiger partial charge in [-0.1, -0.05) is 0 Å². The van der Waals surface area contributed by atoms with Gasteiger partial charge in [0.25, 0.3) is 0 Å². The molecule has 0 spiro atoms. The lowest BCUT2D eigenvalue weighted by molar-refractivity contribution is -0.315. The first-order valence-electron chi connectivity index (χ1n) is 11.4. The van der Waals surface area contributed by atoms with Gasteiger partial charge in [-0.25, -0.2) is 0 Å². The predicted octanol–water partition coefficient (Wildman–Crippen LogP) is -6.95. The molecule has 5 unspecified atom stereocenters. The lowest BCUT2D eigenvalue weighted by Gasteiger charge is -2.47. The van der Waals surface area contributed by atoms with E-state index >= 15 is 0 Å². The van der Waals surface area contributed by atoms with Gasteiger partial charge in [0.2, 0.25) is 0 Å². The molecule has 15 atom stereocenters. The fourth-order valence-corrected chi connectivity index (χ4v) is 4.52. The molecule has 1 aliphatic carbocycles. The van der Waals surface area contributed by atoms with Crippen LogP contribution in [0.3, 0.4) is 0 Å². The maximum atomic E-state index is 10.8. The van der Waals surface area contributed by atoms with Crippen LogP contribution in [0.2, 0.25) is 0 Å². The van der Waals surface area contributed by atoms with E-state index in [4.69, 9.17) is 47.6 Å². The third kappa shape index (κ3) is 6.02. The van der Waals surface area contributed by atoms with Crippen LogP contribution in [-0.2, 0) is 18.9 Å². The molecular formula is C19H38N6O10. The van der Waals surface area contributed by atoms with Crippen LogP contribution < -0.4 is 28.7 Å². The molecule has 35 heavy (non-hydrogen) atoms. The van der Waals surface area contributed by atoms with E-state index in [1.807, 2.05) is 0 Å². The Kier molecular flexibility index (Phi) is 9.25. The number of aliphatic imine (C=N–C) groups is 1. The van der Waals surface area contributed by atoms with Gasteiger partial charge >= 0.3 is 0 Å². The smallest absolute Gasteiger partial charge is 0.187 e. The quantitative estimate of drug-likeness (QED) is 0.112. The number of ether oxygens (including phenoxy) is 4. The molecule has 3 rings (SSSR count). The van der Waals surface area contributed by atoms with Gasteiger partial charge in [0.15, 0.2) is 18.5 Å². The zero-order chi connectivity index (χ0) is 26.2. The second-order valence-electron chi connectivity index (χ2n) is 9.31. The van der Waals surface area contributed by atoms with E-state index in [1.165, 1.54) is 6.92 Å². The van der Waals surface area contributed by atoms with Gasteiger partial charge in [0.05, 0.1) is 24.8 Å². The number of aliphatic hydroxyl groups excluding tert-OH is 6. The minimum Gasteiger partial charge on any atom is -0.391 e. The molecule has 0 radical (unpaired) electrons. The fraction of sp³-hybridized carbons (Fsp3) is 0.947. The minimum atomic E-state index is -1.53. The highest BCUT2D eigenvalue weighted by Gasteiger charge is 2.52. The van der Waals surface area contributed by atoms with Crippen molar-refractivity contribution in [2.75, 3.05) is 6.54 Å². The van der Waals surface area contributed by atoms with E-state index in [-0.39, 0.29) is 18.9 Å².